The minimum absolute atomic E-state index is 0.132. The van der Waals surface area contributed by atoms with Crippen molar-refractivity contribution in [1.29, 1.82) is 0 Å². The summed E-state index contributed by atoms with van der Waals surface area (Å²) in [6, 6.07) is 19.3. The molecule has 5 heteroatoms. The number of ketones is 1. The van der Waals surface area contributed by atoms with Crippen LogP contribution in [0.1, 0.15) is 38.1 Å². The van der Waals surface area contributed by atoms with E-state index in [0.717, 1.165) is 28.0 Å². The predicted octanol–water partition coefficient (Wildman–Crippen LogP) is 7.01. The Morgan fingerprint density at radius 2 is 1.50 bits per heavy atom. The largest absolute Gasteiger partial charge is 0.497 e. The molecule has 0 fully saturated rings. The van der Waals surface area contributed by atoms with Gasteiger partial charge in [-0.25, -0.2) is 0 Å². The van der Waals surface area contributed by atoms with E-state index >= 15 is 0 Å². The molecule has 0 saturated heterocycles. The summed E-state index contributed by atoms with van der Waals surface area (Å²) in [6.07, 6.45) is 0. The van der Waals surface area contributed by atoms with Gasteiger partial charge in [0, 0.05) is 17.9 Å². The van der Waals surface area contributed by atoms with Crippen LogP contribution in [0.5, 0.6) is 17.2 Å². The van der Waals surface area contributed by atoms with Crippen molar-refractivity contribution in [2.45, 2.75) is 32.9 Å². The number of thioether (sulfide) groups is 1. The fourth-order valence-electron chi connectivity index (χ4n) is 3.46. The number of carbonyl (C=O) groups is 1. The molecular formula is C27H32O4S. The van der Waals surface area contributed by atoms with E-state index in [9.17, 15) is 4.79 Å². The van der Waals surface area contributed by atoms with Gasteiger partial charge in [-0.1, -0.05) is 32.9 Å². The summed E-state index contributed by atoms with van der Waals surface area (Å²) >= 11 is 1.67. The molecule has 0 aliphatic heterocycles. The molecule has 0 bridgehead atoms. The van der Waals surface area contributed by atoms with Gasteiger partial charge >= 0.3 is 0 Å². The van der Waals surface area contributed by atoms with Gasteiger partial charge < -0.3 is 14.2 Å². The normalized spacial score (nSPS) is 12.5. The highest BCUT2D eigenvalue weighted by Gasteiger charge is 2.32. The Kier molecular flexibility index (Phi) is 8.21. The first kappa shape index (κ1) is 24.1. The third-order valence-corrected chi connectivity index (χ3v) is 6.79. The van der Waals surface area contributed by atoms with Crippen molar-refractivity contribution in [3.63, 3.8) is 0 Å². The van der Waals surface area contributed by atoms with Crippen molar-refractivity contribution in [3.05, 3.63) is 66.2 Å². The van der Waals surface area contributed by atoms with E-state index in [1.165, 1.54) is 0 Å². The number of fused-ring (bicyclic) bond motifs is 1. The van der Waals surface area contributed by atoms with Crippen LogP contribution in [0.15, 0.2) is 60.7 Å². The topological polar surface area (TPSA) is 44.8 Å². The first-order valence-corrected chi connectivity index (χ1v) is 12.0. The zero-order valence-electron chi connectivity index (χ0n) is 19.5. The van der Waals surface area contributed by atoms with Crippen molar-refractivity contribution in [1.82, 2.24) is 0 Å². The van der Waals surface area contributed by atoms with Crippen LogP contribution in [0, 0.1) is 5.41 Å². The molecule has 4 nitrogen and oxygen atoms in total. The van der Waals surface area contributed by atoms with E-state index in [4.69, 9.17) is 14.2 Å². The highest BCUT2D eigenvalue weighted by Crippen LogP contribution is 2.34. The molecule has 0 N–H and O–H groups in total. The summed E-state index contributed by atoms with van der Waals surface area (Å²) in [6.45, 7) is 9.66. The second-order valence-electron chi connectivity index (χ2n) is 8.68. The van der Waals surface area contributed by atoms with E-state index in [-0.39, 0.29) is 16.4 Å². The lowest BCUT2D eigenvalue weighted by molar-refractivity contribution is 0.0950. The quantitative estimate of drug-likeness (QED) is 0.245. The Labute approximate surface area is 195 Å². The van der Waals surface area contributed by atoms with E-state index in [1.807, 2.05) is 67.6 Å². The molecule has 3 aromatic carbocycles. The molecule has 1 unspecified atom stereocenters. The monoisotopic (exact) mass is 452 g/mol. The van der Waals surface area contributed by atoms with Gasteiger partial charge in [0.25, 0.3) is 0 Å². The van der Waals surface area contributed by atoms with Gasteiger partial charge in [-0.2, -0.15) is 0 Å². The van der Waals surface area contributed by atoms with Crippen LogP contribution in [0.3, 0.4) is 0 Å². The molecule has 0 saturated carbocycles. The molecule has 32 heavy (non-hydrogen) atoms. The Hall–Kier alpha value is -2.50. The highest BCUT2D eigenvalue weighted by atomic mass is 32.2. The molecule has 1 atom stereocenters. The van der Waals surface area contributed by atoms with Gasteiger partial charge in [0.2, 0.25) is 0 Å². The van der Waals surface area contributed by atoms with Gasteiger partial charge in [0.15, 0.2) is 5.78 Å². The van der Waals surface area contributed by atoms with Crippen molar-refractivity contribution >= 4 is 28.3 Å². The fraction of sp³-hybridized carbons (Fsp3) is 0.370. The van der Waals surface area contributed by atoms with E-state index in [1.54, 1.807) is 18.9 Å². The average Bonchev–Trinajstić information content (AvgIpc) is 2.78. The summed E-state index contributed by atoms with van der Waals surface area (Å²) < 4.78 is 16.8. The highest BCUT2D eigenvalue weighted by molar-refractivity contribution is 8.00. The fourth-order valence-corrected chi connectivity index (χ4v) is 4.69. The first-order valence-electron chi connectivity index (χ1n) is 10.9. The van der Waals surface area contributed by atoms with Crippen LogP contribution in [0.4, 0.5) is 0 Å². The van der Waals surface area contributed by atoms with Gasteiger partial charge in [0.1, 0.15) is 17.2 Å². The smallest absolute Gasteiger partial charge is 0.176 e. The van der Waals surface area contributed by atoms with Crippen LogP contribution in [0.25, 0.3) is 10.8 Å². The second kappa shape index (κ2) is 10.9. The Bertz CT molecular complexity index is 1040. The van der Waals surface area contributed by atoms with Crippen molar-refractivity contribution in [3.8, 4) is 17.2 Å². The summed E-state index contributed by atoms with van der Waals surface area (Å²) in [5.41, 5.74) is 0.559. The minimum atomic E-state index is -0.142. The number of hydrogen-bond donors (Lipinski definition) is 0. The van der Waals surface area contributed by atoms with Crippen molar-refractivity contribution in [2.75, 3.05) is 26.1 Å². The van der Waals surface area contributed by atoms with Crippen LogP contribution in [-0.4, -0.2) is 37.1 Å². The number of carbonyl (C=O) groups excluding carboxylic acids is 1. The third-order valence-electron chi connectivity index (χ3n) is 5.13. The lowest BCUT2D eigenvalue weighted by atomic mass is 9.87. The molecule has 0 radical (unpaired) electrons. The summed E-state index contributed by atoms with van der Waals surface area (Å²) in [7, 11) is 1.66. The number of hydrogen-bond acceptors (Lipinski definition) is 5. The van der Waals surface area contributed by atoms with Crippen molar-refractivity contribution in [2.24, 2.45) is 5.41 Å². The maximum atomic E-state index is 13.2. The minimum Gasteiger partial charge on any atom is -0.497 e. The summed E-state index contributed by atoms with van der Waals surface area (Å²) in [5, 5.41) is 2.03. The van der Waals surface area contributed by atoms with E-state index in [2.05, 4.69) is 20.8 Å². The zero-order chi connectivity index (χ0) is 23.1. The maximum absolute atomic E-state index is 13.2. The molecule has 0 heterocycles. The van der Waals surface area contributed by atoms with Crippen LogP contribution in [-0.2, 0) is 4.74 Å². The maximum Gasteiger partial charge on any atom is 0.176 e. The van der Waals surface area contributed by atoms with Gasteiger partial charge in [0.05, 0.1) is 19.0 Å². The molecule has 3 rings (SSSR count). The molecule has 0 aliphatic rings. The van der Waals surface area contributed by atoms with Gasteiger partial charge in [-0.05, 0) is 71.6 Å². The number of benzene rings is 3. The molecule has 0 amide bonds. The van der Waals surface area contributed by atoms with Crippen LogP contribution >= 0.6 is 11.8 Å². The third kappa shape index (κ3) is 6.27. The molecular weight excluding hydrogens is 420 g/mol. The van der Waals surface area contributed by atoms with E-state index < -0.39 is 0 Å². The average molecular weight is 453 g/mol. The Morgan fingerprint density at radius 3 is 2.09 bits per heavy atom. The molecule has 0 aromatic heterocycles. The molecule has 0 spiro atoms. The Balaban J connectivity index is 1.70. The number of rotatable bonds is 10. The lowest BCUT2D eigenvalue weighted by Gasteiger charge is -2.29. The summed E-state index contributed by atoms with van der Waals surface area (Å²) in [5.74, 6) is 3.23. The lowest BCUT2D eigenvalue weighted by Crippen LogP contribution is -2.32. The zero-order valence-corrected chi connectivity index (χ0v) is 20.3. The molecule has 3 aromatic rings. The standard InChI is InChI=1S/C27H32O4S/c1-6-30-15-16-32-26(27(2,3)4)25(28)19-7-11-22(12-8-19)31-24-14-10-20-17-23(29-5)13-9-21(20)18-24/h7-14,17-18,26H,6,15-16H2,1-5H3. The predicted molar refractivity (Wildman–Crippen MR) is 134 cm³/mol. The molecule has 170 valence electrons. The Morgan fingerprint density at radius 1 is 0.906 bits per heavy atom. The van der Waals surface area contributed by atoms with Crippen molar-refractivity contribution < 1.29 is 19.0 Å². The molecule has 0 aliphatic carbocycles. The van der Waals surface area contributed by atoms with E-state index in [0.29, 0.717) is 24.5 Å². The number of ether oxygens (including phenoxy) is 3. The van der Waals surface area contributed by atoms with Crippen LogP contribution < -0.4 is 9.47 Å². The number of methoxy groups -OCH3 is 1. The number of Topliss-reactive ketones (excluding diaryl/α,β-unsaturated/α-hetero) is 1. The van der Waals surface area contributed by atoms with Gasteiger partial charge in [-0.3, -0.25) is 4.79 Å². The second-order valence-corrected chi connectivity index (χ2v) is 9.89. The van der Waals surface area contributed by atoms with Crippen LogP contribution in [0.2, 0.25) is 0 Å². The first-order chi connectivity index (χ1) is 15.3. The SMILES string of the molecule is CCOCCSC(C(=O)c1ccc(Oc2ccc3cc(OC)ccc3c2)cc1)C(C)(C)C. The van der Waals surface area contributed by atoms with Gasteiger partial charge in [-0.15, -0.1) is 11.8 Å². The summed E-state index contributed by atoms with van der Waals surface area (Å²) in [4.78, 5) is 13.2.